The number of thiophene rings is 1. The number of halogens is 2. The maximum absolute atomic E-state index is 10.7. The number of aldehydes is 1. The zero-order chi connectivity index (χ0) is 9.42. The molecule has 1 nitrogen and oxygen atoms in total. The van der Waals surface area contributed by atoms with Gasteiger partial charge < -0.3 is 0 Å². The highest BCUT2D eigenvalue weighted by Crippen LogP contribution is 2.37. The zero-order valence-electron chi connectivity index (χ0n) is 6.38. The molecule has 0 aliphatic heterocycles. The van der Waals surface area contributed by atoms with Gasteiger partial charge >= 0.3 is 0 Å². The van der Waals surface area contributed by atoms with Gasteiger partial charge in [0.25, 0.3) is 0 Å². The number of rotatable bonds is 1. The second-order valence-corrected chi connectivity index (χ2v) is 5.13. The number of hydrogen-bond donors (Lipinski definition) is 0. The summed E-state index contributed by atoms with van der Waals surface area (Å²) in [7, 11) is 0. The van der Waals surface area contributed by atoms with Gasteiger partial charge in [-0.3, -0.25) is 4.79 Å². The minimum Gasteiger partial charge on any atom is -0.298 e. The Labute approximate surface area is 96.0 Å². The van der Waals surface area contributed by atoms with E-state index in [1.807, 2.05) is 17.5 Å². The fourth-order valence-corrected chi connectivity index (χ4v) is 3.88. The van der Waals surface area contributed by atoms with Crippen molar-refractivity contribution < 1.29 is 4.79 Å². The van der Waals surface area contributed by atoms with E-state index in [0.717, 1.165) is 30.9 Å². The Morgan fingerprint density at radius 1 is 1.23 bits per heavy atom. The molecule has 0 aliphatic rings. The van der Waals surface area contributed by atoms with Crippen molar-refractivity contribution in [1.82, 2.24) is 0 Å². The van der Waals surface area contributed by atoms with Crippen LogP contribution in [-0.2, 0) is 0 Å². The van der Waals surface area contributed by atoms with Crippen LogP contribution in [0.2, 0.25) is 0 Å². The normalized spacial score (nSPS) is 10.6. The summed E-state index contributed by atoms with van der Waals surface area (Å²) < 4.78 is 3.07. The van der Waals surface area contributed by atoms with Crippen molar-refractivity contribution in [2.75, 3.05) is 0 Å². The summed E-state index contributed by atoms with van der Waals surface area (Å²) in [6, 6.07) is 3.71. The average molecular weight is 320 g/mol. The van der Waals surface area contributed by atoms with E-state index >= 15 is 0 Å². The Bertz CT molecular complexity index is 476. The van der Waals surface area contributed by atoms with Crippen LogP contribution in [0.4, 0.5) is 0 Å². The van der Waals surface area contributed by atoms with Crippen LogP contribution >= 0.6 is 43.2 Å². The molecule has 0 spiro atoms. The van der Waals surface area contributed by atoms with Gasteiger partial charge in [0.05, 0.1) is 0 Å². The van der Waals surface area contributed by atoms with E-state index in [1.54, 1.807) is 11.3 Å². The summed E-state index contributed by atoms with van der Waals surface area (Å²) in [4.78, 5) is 10.7. The molecule has 0 bridgehead atoms. The van der Waals surface area contributed by atoms with Gasteiger partial charge in [0.2, 0.25) is 0 Å². The molecule has 0 radical (unpaired) electrons. The van der Waals surface area contributed by atoms with E-state index in [-0.39, 0.29) is 0 Å². The molecule has 0 amide bonds. The van der Waals surface area contributed by atoms with E-state index < -0.39 is 0 Å². The smallest absolute Gasteiger partial charge is 0.151 e. The van der Waals surface area contributed by atoms with Gasteiger partial charge in [-0.25, -0.2) is 0 Å². The predicted octanol–water partition coefficient (Wildman–Crippen LogP) is 4.24. The van der Waals surface area contributed by atoms with Crippen LogP contribution < -0.4 is 0 Å². The molecule has 0 aliphatic carbocycles. The molecule has 0 saturated heterocycles. The average Bonchev–Trinajstić information content (AvgIpc) is 2.50. The van der Waals surface area contributed by atoms with Crippen molar-refractivity contribution in [3.05, 3.63) is 32.0 Å². The molecule has 1 aromatic heterocycles. The van der Waals surface area contributed by atoms with Crippen molar-refractivity contribution in [2.45, 2.75) is 0 Å². The molecule has 0 fully saturated rings. The van der Waals surface area contributed by atoms with Crippen molar-refractivity contribution in [2.24, 2.45) is 0 Å². The lowest BCUT2D eigenvalue weighted by atomic mass is 10.2. The van der Waals surface area contributed by atoms with E-state index in [4.69, 9.17) is 0 Å². The standard InChI is InChI=1S/C9H4Br2OS/c10-6-2-1-5(3-12)9-8(6)7(11)4-13-9/h1-4H. The highest BCUT2D eigenvalue weighted by molar-refractivity contribution is 9.11. The highest BCUT2D eigenvalue weighted by Gasteiger charge is 2.08. The van der Waals surface area contributed by atoms with Gasteiger partial charge in [0.15, 0.2) is 6.29 Å². The number of fused-ring (bicyclic) bond motifs is 1. The maximum Gasteiger partial charge on any atom is 0.151 e. The minimum atomic E-state index is 0.744. The first-order chi connectivity index (χ1) is 6.24. The highest BCUT2D eigenvalue weighted by atomic mass is 79.9. The molecular weight excluding hydrogens is 316 g/mol. The van der Waals surface area contributed by atoms with E-state index in [9.17, 15) is 4.79 Å². The number of benzene rings is 1. The summed E-state index contributed by atoms with van der Waals surface area (Å²) in [6.45, 7) is 0. The Hall–Kier alpha value is -0.190. The molecule has 0 atom stereocenters. The first-order valence-corrected chi connectivity index (χ1v) is 6.01. The monoisotopic (exact) mass is 318 g/mol. The Kier molecular flexibility index (Phi) is 2.53. The molecule has 2 aromatic rings. The lowest BCUT2D eigenvalue weighted by Crippen LogP contribution is -1.79. The van der Waals surface area contributed by atoms with Crippen LogP contribution in [0.5, 0.6) is 0 Å². The van der Waals surface area contributed by atoms with Gasteiger partial charge in [-0.05, 0) is 28.1 Å². The molecule has 1 aromatic carbocycles. The van der Waals surface area contributed by atoms with Crippen LogP contribution in [-0.4, -0.2) is 6.29 Å². The summed E-state index contributed by atoms with van der Waals surface area (Å²) in [6.07, 6.45) is 0.887. The third kappa shape index (κ3) is 1.47. The Balaban J connectivity index is 2.95. The van der Waals surface area contributed by atoms with Crippen LogP contribution in [0.3, 0.4) is 0 Å². The lowest BCUT2D eigenvalue weighted by molar-refractivity contribution is 0.112. The Morgan fingerprint density at radius 2 is 2.00 bits per heavy atom. The molecule has 1 heterocycles. The third-order valence-electron chi connectivity index (χ3n) is 1.78. The molecule has 13 heavy (non-hydrogen) atoms. The van der Waals surface area contributed by atoms with Crippen molar-refractivity contribution in [3.8, 4) is 0 Å². The fourth-order valence-electron chi connectivity index (χ4n) is 1.19. The predicted molar refractivity (Wildman–Crippen MR) is 62.6 cm³/mol. The van der Waals surface area contributed by atoms with Gasteiger partial charge in [-0.1, -0.05) is 15.9 Å². The molecular formula is C9H4Br2OS. The van der Waals surface area contributed by atoms with Crippen LogP contribution in [0.1, 0.15) is 10.4 Å². The van der Waals surface area contributed by atoms with E-state index in [1.165, 1.54) is 0 Å². The number of carbonyl (C=O) groups is 1. The van der Waals surface area contributed by atoms with Gasteiger partial charge in [0.1, 0.15) is 0 Å². The first kappa shape index (κ1) is 9.37. The zero-order valence-corrected chi connectivity index (χ0v) is 10.4. The minimum absolute atomic E-state index is 0.744. The molecule has 0 N–H and O–H groups in total. The topological polar surface area (TPSA) is 17.1 Å². The Morgan fingerprint density at radius 3 is 2.69 bits per heavy atom. The molecule has 0 saturated carbocycles. The molecule has 66 valence electrons. The van der Waals surface area contributed by atoms with Crippen molar-refractivity contribution in [1.29, 1.82) is 0 Å². The van der Waals surface area contributed by atoms with Crippen LogP contribution in [0.25, 0.3) is 10.1 Å². The summed E-state index contributed by atoms with van der Waals surface area (Å²) in [5.41, 5.74) is 0.744. The van der Waals surface area contributed by atoms with E-state index in [2.05, 4.69) is 31.9 Å². The largest absolute Gasteiger partial charge is 0.298 e. The lowest BCUT2D eigenvalue weighted by Gasteiger charge is -1.97. The molecule has 2 rings (SSSR count). The number of carbonyl (C=O) groups excluding carboxylic acids is 1. The van der Waals surface area contributed by atoms with E-state index in [0.29, 0.717) is 0 Å². The van der Waals surface area contributed by atoms with Gasteiger partial charge in [-0.2, -0.15) is 0 Å². The fraction of sp³-hybridized carbons (Fsp3) is 0. The third-order valence-corrected chi connectivity index (χ3v) is 4.40. The molecule has 0 unspecified atom stereocenters. The van der Waals surface area contributed by atoms with Crippen LogP contribution in [0, 0.1) is 0 Å². The second kappa shape index (κ2) is 3.52. The molecule has 4 heteroatoms. The first-order valence-electron chi connectivity index (χ1n) is 3.54. The van der Waals surface area contributed by atoms with Gasteiger partial charge in [-0.15, -0.1) is 11.3 Å². The van der Waals surface area contributed by atoms with Crippen molar-refractivity contribution in [3.63, 3.8) is 0 Å². The summed E-state index contributed by atoms with van der Waals surface area (Å²) >= 11 is 8.47. The van der Waals surface area contributed by atoms with Crippen molar-refractivity contribution >= 4 is 59.6 Å². The number of hydrogen-bond acceptors (Lipinski definition) is 2. The maximum atomic E-state index is 10.7. The second-order valence-electron chi connectivity index (χ2n) is 2.54. The quantitative estimate of drug-likeness (QED) is 0.719. The SMILES string of the molecule is O=Cc1ccc(Br)c2c(Br)csc12. The summed E-state index contributed by atoms with van der Waals surface area (Å²) in [5, 5.41) is 3.07. The summed E-state index contributed by atoms with van der Waals surface area (Å²) in [5.74, 6) is 0. The van der Waals surface area contributed by atoms with Crippen LogP contribution in [0.15, 0.2) is 26.5 Å². The van der Waals surface area contributed by atoms with Gasteiger partial charge in [0, 0.05) is 30.0 Å².